The lowest BCUT2D eigenvalue weighted by atomic mass is 10.1. The average Bonchev–Trinajstić information content (AvgIpc) is 2.79. The Labute approximate surface area is 185 Å². The minimum absolute atomic E-state index is 0.274. The van der Waals surface area contributed by atoms with Gasteiger partial charge in [-0.2, -0.15) is 10.4 Å². The zero-order valence-corrected chi connectivity index (χ0v) is 17.6. The van der Waals surface area contributed by atoms with E-state index in [0.29, 0.717) is 39.8 Å². The molecule has 1 N–H and O–H groups in total. The highest BCUT2D eigenvalue weighted by atomic mass is 35.5. The highest BCUT2D eigenvalue weighted by Crippen LogP contribution is 2.22. The SMILES string of the molecule is CCOc1ccc(C(=O)N/N=C\c2cc(Cl)ccc2OCc2cccc(C#N)c2)cc1. The topological polar surface area (TPSA) is 83.7 Å². The summed E-state index contributed by atoms with van der Waals surface area (Å²) >= 11 is 6.10. The van der Waals surface area contributed by atoms with Crippen molar-refractivity contribution in [2.45, 2.75) is 13.5 Å². The maximum Gasteiger partial charge on any atom is 0.271 e. The van der Waals surface area contributed by atoms with Crippen LogP contribution >= 0.6 is 11.6 Å². The van der Waals surface area contributed by atoms with Gasteiger partial charge in [-0.1, -0.05) is 23.7 Å². The summed E-state index contributed by atoms with van der Waals surface area (Å²) in [6.45, 7) is 2.73. The number of halogens is 1. The molecule has 6 nitrogen and oxygen atoms in total. The third kappa shape index (κ3) is 6.33. The summed E-state index contributed by atoms with van der Waals surface area (Å²) in [5.74, 6) is 0.895. The van der Waals surface area contributed by atoms with Crippen LogP contribution in [-0.4, -0.2) is 18.7 Å². The molecule has 0 aromatic heterocycles. The normalized spacial score (nSPS) is 10.5. The van der Waals surface area contributed by atoms with Gasteiger partial charge in [0, 0.05) is 16.1 Å². The highest BCUT2D eigenvalue weighted by Gasteiger charge is 2.07. The Balaban J connectivity index is 1.66. The first-order chi connectivity index (χ1) is 15.1. The summed E-state index contributed by atoms with van der Waals surface area (Å²) in [6.07, 6.45) is 1.47. The number of amides is 1. The van der Waals surface area contributed by atoms with E-state index in [4.69, 9.17) is 26.3 Å². The number of hydrazone groups is 1. The van der Waals surface area contributed by atoms with Crippen molar-refractivity contribution in [3.8, 4) is 17.6 Å². The van der Waals surface area contributed by atoms with Crippen molar-refractivity contribution in [1.82, 2.24) is 5.43 Å². The lowest BCUT2D eigenvalue weighted by molar-refractivity contribution is 0.0955. The third-order valence-corrected chi connectivity index (χ3v) is 4.45. The third-order valence-electron chi connectivity index (χ3n) is 4.22. The molecule has 0 saturated heterocycles. The predicted octanol–water partition coefficient (Wildman–Crippen LogP) is 4.95. The van der Waals surface area contributed by atoms with Crippen molar-refractivity contribution >= 4 is 23.7 Å². The maximum absolute atomic E-state index is 12.3. The standard InChI is InChI=1S/C24H20ClN3O3/c1-2-30-22-9-6-19(7-10-22)24(29)28-27-15-20-13-21(25)8-11-23(20)31-16-18-5-3-4-17(12-18)14-26/h3-13,15H,2,16H2,1H3,(H,28,29)/b27-15-. The summed E-state index contributed by atoms with van der Waals surface area (Å²) in [5, 5.41) is 13.6. The molecule has 0 spiro atoms. The van der Waals surface area contributed by atoms with Gasteiger partial charge in [-0.05, 0) is 67.1 Å². The number of carbonyl (C=O) groups excluding carboxylic acids is 1. The Morgan fingerprint density at radius 1 is 1.13 bits per heavy atom. The number of hydrogen-bond donors (Lipinski definition) is 1. The number of nitrogens with one attached hydrogen (secondary N) is 1. The first kappa shape index (κ1) is 21.9. The molecule has 0 heterocycles. The highest BCUT2D eigenvalue weighted by molar-refractivity contribution is 6.30. The lowest BCUT2D eigenvalue weighted by Crippen LogP contribution is -2.17. The van der Waals surface area contributed by atoms with E-state index in [-0.39, 0.29) is 12.5 Å². The molecule has 3 rings (SSSR count). The Morgan fingerprint density at radius 3 is 2.68 bits per heavy atom. The van der Waals surface area contributed by atoms with Crippen LogP contribution in [0.3, 0.4) is 0 Å². The van der Waals surface area contributed by atoms with Crippen LogP contribution in [0.2, 0.25) is 5.02 Å². The smallest absolute Gasteiger partial charge is 0.271 e. The molecule has 0 saturated carbocycles. The molecule has 0 aliphatic rings. The molecule has 0 bridgehead atoms. The quantitative estimate of drug-likeness (QED) is 0.402. The van der Waals surface area contributed by atoms with Gasteiger partial charge in [0.05, 0.1) is 24.5 Å². The zero-order valence-electron chi connectivity index (χ0n) is 16.8. The monoisotopic (exact) mass is 433 g/mol. The second-order valence-electron chi connectivity index (χ2n) is 6.44. The van der Waals surface area contributed by atoms with Gasteiger partial charge < -0.3 is 9.47 Å². The predicted molar refractivity (Wildman–Crippen MR) is 120 cm³/mol. The molecule has 0 atom stereocenters. The van der Waals surface area contributed by atoms with Crippen molar-refractivity contribution in [2.24, 2.45) is 5.10 Å². The van der Waals surface area contributed by atoms with Gasteiger partial charge in [-0.3, -0.25) is 4.79 Å². The first-order valence-corrected chi connectivity index (χ1v) is 9.94. The Bertz CT molecular complexity index is 1120. The molecular weight excluding hydrogens is 414 g/mol. The van der Waals surface area contributed by atoms with Gasteiger partial charge in [-0.15, -0.1) is 0 Å². The molecule has 7 heteroatoms. The Hall–Kier alpha value is -3.82. The van der Waals surface area contributed by atoms with Crippen LogP contribution in [0.15, 0.2) is 71.8 Å². The van der Waals surface area contributed by atoms with Gasteiger partial charge in [0.1, 0.15) is 18.1 Å². The number of nitriles is 1. The van der Waals surface area contributed by atoms with E-state index in [1.165, 1.54) is 6.21 Å². The molecule has 1 amide bonds. The van der Waals surface area contributed by atoms with Crippen LogP contribution in [0.5, 0.6) is 11.5 Å². The van der Waals surface area contributed by atoms with E-state index in [2.05, 4.69) is 16.6 Å². The molecule has 3 aromatic rings. The van der Waals surface area contributed by atoms with Gasteiger partial charge >= 0.3 is 0 Å². The van der Waals surface area contributed by atoms with Gasteiger partial charge in [0.15, 0.2) is 0 Å². The van der Waals surface area contributed by atoms with Gasteiger partial charge in [-0.25, -0.2) is 5.43 Å². The number of benzene rings is 3. The summed E-state index contributed by atoms with van der Waals surface area (Å²) in [5.41, 5.74) is 4.98. The first-order valence-electron chi connectivity index (χ1n) is 9.56. The molecule has 0 unspecified atom stereocenters. The number of hydrogen-bond acceptors (Lipinski definition) is 5. The second-order valence-corrected chi connectivity index (χ2v) is 6.88. The van der Waals surface area contributed by atoms with E-state index >= 15 is 0 Å². The lowest BCUT2D eigenvalue weighted by Gasteiger charge is -2.10. The minimum atomic E-state index is -0.350. The largest absolute Gasteiger partial charge is 0.494 e. The van der Waals surface area contributed by atoms with Crippen molar-refractivity contribution in [3.05, 3.63) is 94.0 Å². The average molecular weight is 434 g/mol. The zero-order chi connectivity index (χ0) is 22.1. The maximum atomic E-state index is 12.3. The van der Waals surface area contributed by atoms with Crippen LogP contribution in [0, 0.1) is 11.3 Å². The van der Waals surface area contributed by atoms with Crippen LogP contribution in [-0.2, 0) is 6.61 Å². The number of carbonyl (C=O) groups is 1. The number of rotatable bonds is 8. The van der Waals surface area contributed by atoms with Crippen LogP contribution in [0.4, 0.5) is 0 Å². The van der Waals surface area contributed by atoms with Crippen molar-refractivity contribution < 1.29 is 14.3 Å². The van der Waals surface area contributed by atoms with Crippen molar-refractivity contribution in [3.63, 3.8) is 0 Å². The van der Waals surface area contributed by atoms with Gasteiger partial charge in [0.25, 0.3) is 5.91 Å². The Morgan fingerprint density at radius 2 is 1.94 bits per heavy atom. The number of ether oxygens (including phenoxy) is 2. The van der Waals surface area contributed by atoms with Crippen LogP contribution in [0.1, 0.15) is 34.0 Å². The molecule has 0 fully saturated rings. The summed E-state index contributed by atoms with van der Waals surface area (Å²) in [4.78, 5) is 12.3. The molecule has 0 aliphatic heterocycles. The summed E-state index contributed by atoms with van der Waals surface area (Å²) in [6, 6.07) is 21.2. The van der Waals surface area contributed by atoms with Gasteiger partial charge in [0.2, 0.25) is 0 Å². The fourth-order valence-corrected chi connectivity index (χ4v) is 2.92. The molecular formula is C24H20ClN3O3. The molecule has 156 valence electrons. The minimum Gasteiger partial charge on any atom is -0.494 e. The second kappa shape index (κ2) is 10.8. The Kier molecular flexibility index (Phi) is 7.63. The molecule has 0 aliphatic carbocycles. The van der Waals surface area contributed by atoms with E-state index < -0.39 is 0 Å². The summed E-state index contributed by atoms with van der Waals surface area (Å²) < 4.78 is 11.2. The number of nitrogens with zero attached hydrogens (tertiary/aromatic N) is 2. The fourth-order valence-electron chi connectivity index (χ4n) is 2.74. The van der Waals surface area contributed by atoms with Crippen LogP contribution in [0.25, 0.3) is 0 Å². The van der Waals surface area contributed by atoms with E-state index in [0.717, 1.165) is 5.56 Å². The van der Waals surface area contributed by atoms with E-state index in [9.17, 15) is 4.79 Å². The molecule has 0 radical (unpaired) electrons. The van der Waals surface area contributed by atoms with Crippen molar-refractivity contribution in [1.29, 1.82) is 5.26 Å². The van der Waals surface area contributed by atoms with Crippen LogP contribution < -0.4 is 14.9 Å². The van der Waals surface area contributed by atoms with Crippen molar-refractivity contribution in [2.75, 3.05) is 6.61 Å². The molecule has 31 heavy (non-hydrogen) atoms. The summed E-state index contributed by atoms with van der Waals surface area (Å²) in [7, 11) is 0. The molecule has 3 aromatic carbocycles. The van der Waals surface area contributed by atoms with E-state index in [1.54, 1.807) is 60.7 Å². The van der Waals surface area contributed by atoms with E-state index in [1.807, 2.05) is 13.0 Å². The fraction of sp³-hybridized carbons (Fsp3) is 0.125.